The summed E-state index contributed by atoms with van der Waals surface area (Å²) in [4.78, 5) is 1.32. The summed E-state index contributed by atoms with van der Waals surface area (Å²) in [5, 5.41) is 3.98. The minimum absolute atomic E-state index is 1.12. The summed E-state index contributed by atoms with van der Waals surface area (Å²) >= 11 is 5.36. The Balaban J connectivity index is 1.98. The van der Waals surface area contributed by atoms with Crippen LogP contribution in [0.4, 0.5) is 0 Å². The molecule has 0 unspecified atom stereocenters. The lowest BCUT2D eigenvalue weighted by molar-refractivity contribution is 1.65. The molecule has 0 radical (unpaired) electrons. The molecule has 0 spiro atoms. The van der Waals surface area contributed by atoms with Crippen molar-refractivity contribution >= 4 is 48.1 Å². The first-order valence-electron chi connectivity index (χ1n) is 6.48. The van der Waals surface area contributed by atoms with Crippen LogP contribution in [0.3, 0.4) is 0 Å². The van der Waals surface area contributed by atoms with Crippen molar-refractivity contribution in [3.63, 3.8) is 0 Å². The Morgan fingerprint density at radius 3 is 2.35 bits per heavy atom. The van der Waals surface area contributed by atoms with Crippen LogP contribution in [0.1, 0.15) is 0 Å². The highest BCUT2D eigenvalue weighted by Gasteiger charge is 2.07. The molecular formula is C18H11BrS. The molecule has 0 N–H and O–H groups in total. The van der Waals surface area contributed by atoms with Crippen molar-refractivity contribution in [2.45, 2.75) is 0 Å². The predicted molar refractivity (Wildman–Crippen MR) is 92.5 cm³/mol. The van der Waals surface area contributed by atoms with E-state index in [2.05, 4.69) is 82.7 Å². The Kier molecular flexibility index (Phi) is 2.86. The second kappa shape index (κ2) is 4.72. The summed E-state index contributed by atoms with van der Waals surface area (Å²) in [6.07, 6.45) is 0. The van der Waals surface area contributed by atoms with Crippen LogP contribution in [0.15, 0.2) is 71.2 Å². The molecule has 20 heavy (non-hydrogen) atoms. The van der Waals surface area contributed by atoms with Crippen molar-refractivity contribution < 1.29 is 0 Å². The molecule has 0 aliphatic heterocycles. The van der Waals surface area contributed by atoms with Crippen molar-refractivity contribution in [1.82, 2.24) is 0 Å². The fourth-order valence-corrected chi connectivity index (χ4v) is 3.99. The van der Waals surface area contributed by atoms with Crippen LogP contribution >= 0.6 is 27.3 Å². The van der Waals surface area contributed by atoms with Gasteiger partial charge in [-0.05, 0) is 39.9 Å². The second-order valence-corrected chi connectivity index (χ2v) is 6.79. The maximum absolute atomic E-state index is 3.49. The van der Waals surface area contributed by atoms with Gasteiger partial charge in [0.2, 0.25) is 0 Å². The normalized spacial score (nSPS) is 11.2. The molecule has 1 heterocycles. The maximum atomic E-state index is 3.49. The van der Waals surface area contributed by atoms with E-state index in [0.717, 1.165) is 4.47 Å². The topological polar surface area (TPSA) is 0 Å². The van der Waals surface area contributed by atoms with Gasteiger partial charge in [0.15, 0.2) is 0 Å². The molecule has 0 nitrogen and oxygen atoms in total. The van der Waals surface area contributed by atoms with Gasteiger partial charge in [0.05, 0.1) is 0 Å². The Morgan fingerprint density at radius 1 is 0.750 bits per heavy atom. The average Bonchev–Trinajstić information content (AvgIpc) is 2.92. The summed E-state index contributed by atoms with van der Waals surface area (Å²) < 4.78 is 2.49. The van der Waals surface area contributed by atoms with Crippen LogP contribution in [-0.4, -0.2) is 0 Å². The first-order chi connectivity index (χ1) is 9.81. The number of hydrogen-bond donors (Lipinski definition) is 0. The van der Waals surface area contributed by atoms with Gasteiger partial charge in [0, 0.05) is 14.0 Å². The lowest BCUT2D eigenvalue weighted by Gasteiger charge is -1.98. The van der Waals surface area contributed by atoms with Crippen molar-refractivity contribution in [1.29, 1.82) is 0 Å². The molecule has 0 bridgehead atoms. The Labute approximate surface area is 129 Å². The first-order valence-corrected chi connectivity index (χ1v) is 8.09. The molecule has 0 aliphatic rings. The average molecular weight is 339 g/mol. The molecule has 0 amide bonds. The highest BCUT2D eigenvalue weighted by atomic mass is 79.9. The highest BCUT2D eigenvalue weighted by molar-refractivity contribution is 9.10. The lowest BCUT2D eigenvalue weighted by atomic mass is 10.1. The number of thiophene rings is 1. The fourth-order valence-electron chi connectivity index (χ4n) is 2.52. The lowest BCUT2D eigenvalue weighted by Crippen LogP contribution is -1.70. The van der Waals surface area contributed by atoms with Gasteiger partial charge in [-0.2, -0.15) is 0 Å². The van der Waals surface area contributed by atoms with E-state index in [4.69, 9.17) is 0 Å². The van der Waals surface area contributed by atoms with E-state index < -0.39 is 0 Å². The molecule has 0 fully saturated rings. The standard InChI is InChI=1S/C18H11BrS/c19-15-9-7-13(8-10-15)17-11-14-6-5-12-3-1-2-4-16(12)18(14)20-17/h1-11H. The third-order valence-electron chi connectivity index (χ3n) is 3.54. The van der Waals surface area contributed by atoms with E-state index in [9.17, 15) is 0 Å². The zero-order valence-corrected chi connectivity index (χ0v) is 13.0. The van der Waals surface area contributed by atoms with Crippen LogP contribution < -0.4 is 0 Å². The third kappa shape index (κ3) is 1.96. The SMILES string of the molecule is Brc1ccc(-c2cc3ccc4ccccc4c3s2)cc1. The molecule has 96 valence electrons. The smallest absolute Gasteiger partial charge is 0.0427 e. The summed E-state index contributed by atoms with van der Waals surface area (Å²) in [6.45, 7) is 0. The number of fused-ring (bicyclic) bond motifs is 3. The molecule has 0 saturated carbocycles. The largest absolute Gasteiger partial charge is 0.135 e. The van der Waals surface area contributed by atoms with Gasteiger partial charge in [-0.25, -0.2) is 0 Å². The van der Waals surface area contributed by atoms with Gasteiger partial charge >= 0.3 is 0 Å². The van der Waals surface area contributed by atoms with Crippen LogP contribution in [0.5, 0.6) is 0 Å². The van der Waals surface area contributed by atoms with Crippen molar-refractivity contribution in [3.05, 3.63) is 71.2 Å². The van der Waals surface area contributed by atoms with Crippen LogP contribution in [0, 0.1) is 0 Å². The number of rotatable bonds is 1. The van der Waals surface area contributed by atoms with Gasteiger partial charge in [0.25, 0.3) is 0 Å². The van der Waals surface area contributed by atoms with Gasteiger partial charge in [-0.15, -0.1) is 11.3 Å². The summed E-state index contributed by atoms with van der Waals surface area (Å²) in [5.41, 5.74) is 1.28. The van der Waals surface area contributed by atoms with Crippen molar-refractivity contribution in [2.75, 3.05) is 0 Å². The van der Waals surface area contributed by atoms with Crippen molar-refractivity contribution in [2.24, 2.45) is 0 Å². The van der Waals surface area contributed by atoms with Crippen LogP contribution in [0.25, 0.3) is 31.3 Å². The minimum atomic E-state index is 1.12. The quantitative estimate of drug-likeness (QED) is 0.372. The van der Waals surface area contributed by atoms with Gasteiger partial charge in [0.1, 0.15) is 0 Å². The Morgan fingerprint density at radius 2 is 1.50 bits per heavy atom. The summed E-state index contributed by atoms with van der Waals surface area (Å²) in [7, 11) is 0. The maximum Gasteiger partial charge on any atom is 0.0427 e. The molecule has 1 aromatic heterocycles. The fraction of sp³-hybridized carbons (Fsp3) is 0. The molecule has 0 saturated heterocycles. The van der Waals surface area contributed by atoms with Crippen molar-refractivity contribution in [3.8, 4) is 10.4 Å². The van der Waals surface area contributed by atoms with E-state index >= 15 is 0 Å². The third-order valence-corrected chi connectivity index (χ3v) is 5.30. The zero-order valence-electron chi connectivity index (χ0n) is 10.6. The van der Waals surface area contributed by atoms with E-state index in [1.54, 1.807) is 0 Å². The summed E-state index contributed by atoms with van der Waals surface area (Å²) in [5.74, 6) is 0. The number of halogens is 1. The Hall–Kier alpha value is -1.64. The van der Waals surface area contributed by atoms with Gasteiger partial charge < -0.3 is 0 Å². The summed E-state index contributed by atoms with van der Waals surface area (Å²) in [6, 6.07) is 23.8. The molecule has 4 aromatic rings. The van der Waals surface area contributed by atoms with Gasteiger partial charge in [-0.3, -0.25) is 0 Å². The first kappa shape index (κ1) is 12.1. The van der Waals surface area contributed by atoms with E-state index in [0.29, 0.717) is 0 Å². The molecule has 2 heteroatoms. The Bertz CT molecular complexity index is 904. The molecule has 0 aliphatic carbocycles. The molecular weight excluding hydrogens is 328 g/mol. The van der Waals surface area contributed by atoms with Crippen LogP contribution in [-0.2, 0) is 0 Å². The number of benzene rings is 3. The van der Waals surface area contributed by atoms with E-state index in [-0.39, 0.29) is 0 Å². The predicted octanol–water partition coefficient (Wildman–Crippen LogP) is 6.48. The van der Waals surface area contributed by atoms with Gasteiger partial charge in [-0.1, -0.05) is 64.5 Å². The highest BCUT2D eigenvalue weighted by Crippen LogP contribution is 2.37. The monoisotopic (exact) mass is 338 g/mol. The van der Waals surface area contributed by atoms with E-state index in [1.807, 2.05) is 11.3 Å². The minimum Gasteiger partial charge on any atom is -0.135 e. The molecule has 4 rings (SSSR count). The molecule has 3 aromatic carbocycles. The second-order valence-electron chi connectivity index (χ2n) is 4.82. The van der Waals surface area contributed by atoms with E-state index in [1.165, 1.54) is 31.3 Å². The molecule has 0 atom stereocenters. The zero-order chi connectivity index (χ0) is 13.5. The number of hydrogen-bond acceptors (Lipinski definition) is 1. The van der Waals surface area contributed by atoms with Crippen LogP contribution in [0.2, 0.25) is 0 Å².